The van der Waals surface area contributed by atoms with E-state index in [1.165, 1.54) is 0 Å². The van der Waals surface area contributed by atoms with E-state index in [4.69, 9.17) is 18.9 Å². The minimum Gasteiger partial charge on any atom is -0.372 e. The number of benzene rings is 4. The summed E-state index contributed by atoms with van der Waals surface area (Å²) in [7, 11) is 0. The maximum absolute atomic E-state index is 12.5. The van der Waals surface area contributed by atoms with Gasteiger partial charge >= 0.3 is 0 Å². The smallest absolute Gasteiger partial charge is 0.151 e. The molecule has 3 atom stereocenters. The van der Waals surface area contributed by atoms with Gasteiger partial charge in [0.1, 0.15) is 18.3 Å². The fraction of sp³-hybridized carbons (Fsp3) is 0.229. The third kappa shape index (κ3) is 9.40. The molecule has 0 unspecified atom stereocenters. The molecule has 206 valence electrons. The average Bonchev–Trinajstić information content (AvgIpc) is 3.01. The Balaban J connectivity index is 1.54. The molecule has 0 N–H and O–H groups in total. The van der Waals surface area contributed by atoms with Gasteiger partial charge in [0.15, 0.2) is 6.29 Å². The standard InChI is InChI=1S/C35H36O5/c1-28(23-37-24-29-14-6-2-7-15-29)34(39-26-31-18-10-4-11-19-31)35(40-27-32-20-12-5-13-21-32)33(22-36)38-25-30-16-8-3-9-17-30/h2-22,33-35H,1,23-27H2/t33-,34+,35+/m0/s1. The van der Waals surface area contributed by atoms with Crippen LogP contribution in [0.4, 0.5) is 0 Å². The van der Waals surface area contributed by atoms with Crippen LogP contribution in [0.15, 0.2) is 133 Å². The fourth-order valence-electron chi connectivity index (χ4n) is 4.26. The summed E-state index contributed by atoms with van der Waals surface area (Å²) < 4.78 is 25.0. The van der Waals surface area contributed by atoms with Crippen molar-refractivity contribution in [3.8, 4) is 0 Å². The van der Waals surface area contributed by atoms with E-state index in [1.807, 2.05) is 121 Å². The minimum atomic E-state index is -0.893. The monoisotopic (exact) mass is 536 g/mol. The molecule has 4 rings (SSSR count). The molecule has 0 fully saturated rings. The molecule has 0 heterocycles. The Morgan fingerprint density at radius 2 is 0.975 bits per heavy atom. The van der Waals surface area contributed by atoms with E-state index in [2.05, 4.69) is 6.58 Å². The first-order valence-electron chi connectivity index (χ1n) is 13.4. The van der Waals surface area contributed by atoms with Gasteiger partial charge in [0, 0.05) is 0 Å². The Bertz CT molecular complexity index is 1260. The molecule has 0 aromatic heterocycles. The van der Waals surface area contributed by atoms with E-state index in [0.717, 1.165) is 28.5 Å². The second kappa shape index (κ2) is 16.3. The van der Waals surface area contributed by atoms with E-state index in [9.17, 15) is 4.79 Å². The number of hydrogen-bond donors (Lipinski definition) is 0. The number of carbonyl (C=O) groups is 1. The lowest BCUT2D eigenvalue weighted by atomic mass is 10.0. The van der Waals surface area contributed by atoms with Crippen molar-refractivity contribution in [2.24, 2.45) is 0 Å². The Kier molecular flexibility index (Phi) is 11.9. The maximum atomic E-state index is 12.5. The highest BCUT2D eigenvalue weighted by Gasteiger charge is 2.34. The van der Waals surface area contributed by atoms with Crippen molar-refractivity contribution < 1.29 is 23.7 Å². The summed E-state index contributed by atoms with van der Waals surface area (Å²) in [6.45, 7) is 5.85. The molecule has 0 bridgehead atoms. The summed E-state index contributed by atoms with van der Waals surface area (Å²) in [5.74, 6) is 0. The number of ether oxygens (including phenoxy) is 4. The Morgan fingerprint density at radius 3 is 1.43 bits per heavy atom. The summed E-state index contributed by atoms with van der Waals surface area (Å²) in [5.41, 5.74) is 4.67. The van der Waals surface area contributed by atoms with E-state index in [1.54, 1.807) is 0 Å². The third-order valence-corrected chi connectivity index (χ3v) is 6.40. The molecule has 0 aliphatic rings. The molecule has 0 saturated heterocycles. The van der Waals surface area contributed by atoms with Crippen molar-refractivity contribution in [1.29, 1.82) is 0 Å². The highest BCUT2D eigenvalue weighted by Crippen LogP contribution is 2.23. The van der Waals surface area contributed by atoms with Crippen molar-refractivity contribution in [3.05, 3.63) is 156 Å². The zero-order valence-electron chi connectivity index (χ0n) is 22.6. The molecule has 0 spiro atoms. The number of aldehydes is 1. The summed E-state index contributed by atoms with van der Waals surface area (Å²) in [5, 5.41) is 0. The van der Waals surface area contributed by atoms with Crippen molar-refractivity contribution in [2.75, 3.05) is 6.61 Å². The highest BCUT2D eigenvalue weighted by atomic mass is 16.6. The van der Waals surface area contributed by atoms with Gasteiger partial charge in [0.25, 0.3) is 0 Å². The minimum absolute atomic E-state index is 0.240. The molecule has 4 aromatic rings. The van der Waals surface area contributed by atoms with Crippen LogP contribution in [0.3, 0.4) is 0 Å². The SMILES string of the molecule is C=C(COCc1ccccc1)[C@@H](OCc1ccccc1)[C@H](OCc1ccccc1)[C@H](C=O)OCc1ccccc1. The summed E-state index contributed by atoms with van der Waals surface area (Å²) in [4.78, 5) is 12.5. The molecule has 0 aliphatic heterocycles. The van der Waals surface area contributed by atoms with Gasteiger partial charge in [0.05, 0.1) is 33.0 Å². The van der Waals surface area contributed by atoms with Gasteiger partial charge in [-0.05, 0) is 27.8 Å². The second-order valence-electron chi connectivity index (χ2n) is 9.51. The molecule has 0 aliphatic carbocycles. The van der Waals surface area contributed by atoms with E-state index >= 15 is 0 Å². The van der Waals surface area contributed by atoms with Crippen LogP contribution in [0.1, 0.15) is 22.3 Å². The number of hydrogen-bond acceptors (Lipinski definition) is 5. The van der Waals surface area contributed by atoms with E-state index in [0.29, 0.717) is 18.8 Å². The Labute approximate surface area is 237 Å². The summed E-state index contributed by atoms with van der Waals surface area (Å²) >= 11 is 0. The number of carbonyl (C=O) groups excluding carboxylic acids is 1. The van der Waals surface area contributed by atoms with Gasteiger partial charge in [-0.15, -0.1) is 0 Å². The van der Waals surface area contributed by atoms with Crippen LogP contribution in [0.5, 0.6) is 0 Å². The average molecular weight is 537 g/mol. The largest absolute Gasteiger partial charge is 0.372 e. The van der Waals surface area contributed by atoms with Crippen molar-refractivity contribution in [3.63, 3.8) is 0 Å². The van der Waals surface area contributed by atoms with Crippen LogP contribution in [0, 0.1) is 0 Å². The molecule has 4 aromatic carbocycles. The fourth-order valence-corrected chi connectivity index (χ4v) is 4.26. The highest BCUT2D eigenvalue weighted by molar-refractivity contribution is 5.57. The lowest BCUT2D eigenvalue weighted by Crippen LogP contribution is -2.45. The molecule has 40 heavy (non-hydrogen) atoms. The van der Waals surface area contributed by atoms with Crippen LogP contribution in [0.2, 0.25) is 0 Å². The van der Waals surface area contributed by atoms with Crippen LogP contribution in [-0.2, 0) is 50.2 Å². The van der Waals surface area contributed by atoms with E-state index in [-0.39, 0.29) is 19.8 Å². The van der Waals surface area contributed by atoms with Crippen LogP contribution in [0.25, 0.3) is 0 Å². The summed E-state index contributed by atoms with van der Waals surface area (Å²) in [6.07, 6.45) is -1.52. The molecular weight excluding hydrogens is 500 g/mol. The first kappa shape index (κ1) is 29.1. The third-order valence-electron chi connectivity index (χ3n) is 6.40. The Hall–Kier alpha value is -3.87. The van der Waals surface area contributed by atoms with Crippen LogP contribution < -0.4 is 0 Å². The lowest BCUT2D eigenvalue weighted by Gasteiger charge is -2.32. The zero-order valence-corrected chi connectivity index (χ0v) is 22.6. The topological polar surface area (TPSA) is 54.0 Å². The molecular formula is C35H36O5. The van der Waals surface area contributed by atoms with Gasteiger partial charge in [-0.25, -0.2) is 0 Å². The van der Waals surface area contributed by atoms with Crippen molar-refractivity contribution in [1.82, 2.24) is 0 Å². The molecule has 0 saturated carbocycles. The molecule has 5 heteroatoms. The predicted octanol–water partition coefficient (Wildman–Crippen LogP) is 6.71. The number of rotatable bonds is 17. The van der Waals surface area contributed by atoms with Crippen molar-refractivity contribution in [2.45, 2.75) is 44.7 Å². The molecule has 0 amide bonds. The van der Waals surface area contributed by atoms with Crippen molar-refractivity contribution >= 4 is 6.29 Å². The van der Waals surface area contributed by atoms with Gasteiger partial charge in [-0.1, -0.05) is 128 Å². The second-order valence-corrected chi connectivity index (χ2v) is 9.51. The first-order valence-corrected chi connectivity index (χ1v) is 13.4. The first-order chi connectivity index (χ1) is 19.7. The molecule has 0 radical (unpaired) electrons. The summed E-state index contributed by atoms with van der Waals surface area (Å²) in [6, 6.07) is 39.4. The van der Waals surface area contributed by atoms with Crippen LogP contribution >= 0.6 is 0 Å². The van der Waals surface area contributed by atoms with E-state index < -0.39 is 18.3 Å². The molecule has 5 nitrogen and oxygen atoms in total. The quantitative estimate of drug-likeness (QED) is 0.111. The predicted molar refractivity (Wildman–Crippen MR) is 156 cm³/mol. The lowest BCUT2D eigenvalue weighted by molar-refractivity contribution is -0.153. The zero-order chi connectivity index (χ0) is 27.8. The van der Waals surface area contributed by atoms with Gasteiger partial charge in [-0.2, -0.15) is 0 Å². The van der Waals surface area contributed by atoms with Gasteiger partial charge in [0.2, 0.25) is 0 Å². The van der Waals surface area contributed by atoms with Gasteiger partial charge < -0.3 is 23.7 Å². The Morgan fingerprint density at radius 1 is 0.575 bits per heavy atom. The normalized spacial score (nSPS) is 13.3. The maximum Gasteiger partial charge on any atom is 0.151 e. The van der Waals surface area contributed by atoms with Crippen LogP contribution in [-0.4, -0.2) is 31.2 Å². The van der Waals surface area contributed by atoms with Gasteiger partial charge in [-0.3, -0.25) is 0 Å².